The summed E-state index contributed by atoms with van der Waals surface area (Å²) in [6.45, 7) is 7.21. The topological polar surface area (TPSA) is 131 Å². The minimum Gasteiger partial charge on any atom is -0.487 e. The molecule has 1 N–H and O–H groups in total. The summed E-state index contributed by atoms with van der Waals surface area (Å²) >= 11 is 0. The minimum atomic E-state index is -0.793. The Hall–Kier alpha value is -4.15. The molecule has 36 heavy (non-hydrogen) atoms. The van der Waals surface area contributed by atoms with Crippen molar-refractivity contribution in [1.82, 2.24) is 20.3 Å². The lowest BCUT2D eigenvalue weighted by Crippen LogP contribution is -2.32. The Morgan fingerprint density at radius 2 is 1.61 bits per heavy atom. The number of methoxy groups -OCH3 is 1. The van der Waals surface area contributed by atoms with E-state index < -0.39 is 23.8 Å². The van der Waals surface area contributed by atoms with Crippen LogP contribution < -0.4 is 10.1 Å². The fourth-order valence-electron chi connectivity index (χ4n) is 3.98. The first-order valence-corrected chi connectivity index (χ1v) is 11.5. The summed E-state index contributed by atoms with van der Waals surface area (Å²) in [7, 11) is 1.29. The van der Waals surface area contributed by atoms with Crippen LogP contribution in [0.4, 0.5) is 0 Å². The van der Waals surface area contributed by atoms with Gasteiger partial charge in [-0.25, -0.2) is 14.3 Å². The normalized spacial score (nSPS) is 13.8. The highest BCUT2D eigenvalue weighted by molar-refractivity contribution is 6.00. The highest BCUT2D eigenvalue weighted by atomic mass is 16.5. The van der Waals surface area contributed by atoms with Crippen LogP contribution in [0.1, 0.15) is 44.9 Å². The summed E-state index contributed by atoms with van der Waals surface area (Å²) in [5, 5.41) is 10.9. The van der Waals surface area contributed by atoms with Crippen LogP contribution in [0.3, 0.4) is 0 Å². The van der Waals surface area contributed by atoms with Crippen LogP contribution in [0.5, 0.6) is 5.75 Å². The number of hydrogen-bond donors (Lipinski definition) is 1. The van der Waals surface area contributed by atoms with E-state index in [-0.39, 0.29) is 26.4 Å². The second-order valence-electron chi connectivity index (χ2n) is 7.86. The Bertz CT molecular complexity index is 1160. The number of nitrogens with zero attached hydrogens (tertiary/aromatic N) is 3. The van der Waals surface area contributed by atoms with Gasteiger partial charge in [-0.2, -0.15) is 0 Å². The van der Waals surface area contributed by atoms with Gasteiger partial charge in [0, 0.05) is 17.0 Å². The smallest absolute Gasteiger partial charge is 0.336 e. The molecule has 0 bridgehead atoms. The molecule has 0 saturated heterocycles. The van der Waals surface area contributed by atoms with Crippen LogP contribution in [-0.4, -0.2) is 53.2 Å². The van der Waals surface area contributed by atoms with Crippen LogP contribution >= 0.6 is 0 Å². The summed E-state index contributed by atoms with van der Waals surface area (Å²) in [6, 6.07) is 7.10. The second kappa shape index (κ2) is 12.0. The number of rotatable bonds is 10. The van der Waals surface area contributed by atoms with Crippen LogP contribution in [0, 0.1) is 0 Å². The van der Waals surface area contributed by atoms with E-state index in [2.05, 4.69) is 15.6 Å². The number of allylic oxidation sites excluding steroid dienone is 2. The Kier molecular flexibility index (Phi) is 8.82. The number of ether oxygens (including phenoxy) is 4. The SMILES string of the molecule is CCOC(=O)C1=C(C)NC(C)=C(C(=O)OCC)C1c1ccccc1OCc1cnnn1CC(=O)OC. The van der Waals surface area contributed by atoms with Gasteiger partial charge in [-0.05, 0) is 33.8 Å². The third-order valence-corrected chi connectivity index (χ3v) is 5.56. The van der Waals surface area contributed by atoms with E-state index in [0.717, 1.165) is 0 Å². The van der Waals surface area contributed by atoms with Gasteiger partial charge >= 0.3 is 17.9 Å². The van der Waals surface area contributed by atoms with Gasteiger partial charge in [-0.3, -0.25) is 4.79 Å². The standard InChI is InChI=1S/C25H30N4O7/c1-6-34-24(31)21-15(3)27-16(4)22(25(32)35-7-2)23(21)18-10-8-9-11-19(18)36-14-17-12-26-28-29(17)13-20(30)33-5/h8-12,23,27H,6-7,13-14H2,1-5H3. The van der Waals surface area contributed by atoms with Gasteiger partial charge in [0.15, 0.2) is 0 Å². The maximum absolute atomic E-state index is 13.1. The van der Waals surface area contributed by atoms with Crippen molar-refractivity contribution in [2.75, 3.05) is 20.3 Å². The van der Waals surface area contributed by atoms with Gasteiger partial charge in [0.05, 0.1) is 49.3 Å². The van der Waals surface area contributed by atoms with Crippen molar-refractivity contribution < 1.29 is 33.3 Å². The molecule has 0 aliphatic carbocycles. The van der Waals surface area contributed by atoms with Crippen molar-refractivity contribution in [2.24, 2.45) is 0 Å². The van der Waals surface area contributed by atoms with Crippen molar-refractivity contribution >= 4 is 17.9 Å². The quantitative estimate of drug-likeness (QED) is 0.385. The number of dihydropyridines is 1. The summed E-state index contributed by atoms with van der Waals surface area (Å²) in [6.07, 6.45) is 1.48. The fourth-order valence-corrected chi connectivity index (χ4v) is 3.98. The number of carbonyl (C=O) groups excluding carboxylic acids is 3. The van der Waals surface area contributed by atoms with Crippen LogP contribution in [0.15, 0.2) is 53.0 Å². The van der Waals surface area contributed by atoms with E-state index in [4.69, 9.17) is 18.9 Å². The predicted molar refractivity (Wildman–Crippen MR) is 127 cm³/mol. The van der Waals surface area contributed by atoms with Gasteiger partial charge in [0.2, 0.25) is 0 Å². The zero-order valence-corrected chi connectivity index (χ0v) is 21.0. The summed E-state index contributed by atoms with van der Waals surface area (Å²) in [4.78, 5) is 37.8. The monoisotopic (exact) mass is 498 g/mol. The first kappa shape index (κ1) is 26.5. The summed E-state index contributed by atoms with van der Waals surface area (Å²) in [5.74, 6) is -1.93. The highest BCUT2D eigenvalue weighted by Crippen LogP contribution is 2.42. The maximum Gasteiger partial charge on any atom is 0.336 e. The number of benzene rings is 1. The molecule has 1 aliphatic heterocycles. The molecule has 11 heteroatoms. The number of nitrogens with one attached hydrogen (secondary N) is 1. The molecule has 0 radical (unpaired) electrons. The third-order valence-electron chi connectivity index (χ3n) is 5.56. The van der Waals surface area contributed by atoms with E-state index >= 15 is 0 Å². The molecule has 2 aromatic rings. The second-order valence-corrected chi connectivity index (χ2v) is 7.86. The largest absolute Gasteiger partial charge is 0.487 e. The molecule has 3 rings (SSSR count). The molecule has 0 fully saturated rings. The van der Waals surface area contributed by atoms with Crippen molar-refractivity contribution in [3.8, 4) is 5.75 Å². The zero-order valence-electron chi connectivity index (χ0n) is 21.0. The van der Waals surface area contributed by atoms with Crippen LogP contribution in [0.2, 0.25) is 0 Å². The van der Waals surface area contributed by atoms with Gasteiger partial charge in [0.25, 0.3) is 0 Å². The van der Waals surface area contributed by atoms with Gasteiger partial charge in [0.1, 0.15) is 18.9 Å². The molecule has 1 aromatic carbocycles. The van der Waals surface area contributed by atoms with E-state index in [1.54, 1.807) is 52.0 Å². The molecular weight excluding hydrogens is 468 g/mol. The van der Waals surface area contributed by atoms with Gasteiger partial charge < -0.3 is 24.3 Å². The number of para-hydroxylation sites is 1. The average Bonchev–Trinajstić information content (AvgIpc) is 3.29. The molecule has 11 nitrogen and oxygen atoms in total. The number of hydrogen-bond acceptors (Lipinski definition) is 10. The minimum absolute atomic E-state index is 0.0286. The van der Waals surface area contributed by atoms with Gasteiger partial charge in [-0.1, -0.05) is 23.4 Å². The maximum atomic E-state index is 13.1. The molecule has 0 saturated carbocycles. The molecular formula is C25H30N4O7. The lowest BCUT2D eigenvalue weighted by Gasteiger charge is -2.31. The summed E-state index contributed by atoms with van der Waals surface area (Å²) < 4.78 is 22.9. The lowest BCUT2D eigenvalue weighted by atomic mass is 9.80. The number of carbonyl (C=O) groups is 3. The molecule has 0 atom stereocenters. The number of aromatic nitrogens is 3. The molecule has 1 aliphatic rings. The lowest BCUT2D eigenvalue weighted by molar-refractivity contribution is -0.142. The van der Waals surface area contributed by atoms with E-state index in [9.17, 15) is 14.4 Å². The van der Waals surface area contributed by atoms with Crippen LogP contribution in [0.25, 0.3) is 0 Å². The predicted octanol–water partition coefficient (Wildman–Crippen LogP) is 2.39. The Labute approximate surface area is 209 Å². The van der Waals surface area contributed by atoms with E-state index in [0.29, 0.717) is 39.5 Å². The average molecular weight is 499 g/mol. The Balaban J connectivity index is 2.04. The Morgan fingerprint density at radius 1 is 1.00 bits per heavy atom. The van der Waals surface area contributed by atoms with Crippen molar-refractivity contribution in [2.45, 2.75) is 46.8 Å². The molecule has 2 heterocycles. The Morgan fingerprint density at radius 3 is 2.19 bits per heavy atom. The molecule has 0 amide bonds. The molecule has 1 aromatic heterocycles. The zero-order chi connectivity index (χ0) is 26.2. The van der Waals surface area contributed by atoms with Crippen molar-refractivity contribution in [3.63, 3.8) is 0 Å². The van der Waals surface area contributed by atoms with E-state index in [1.807, 2.05) is 0 Å². The molecule has 192 valence electrons. The molecule has 0 unspecified atom stereocenters. The summed E-state index contributed by atoms with van der Waals surface area (Å²) in [5.41, 5.74) is 2.84. The molecule has 0 spiro atoms. The van der Waals surface area contributed by atoms with Crippen LogP contribution in [-0.2, 0) is 41.7 Å². The van der Waals surface area contributed by atoms with Crippen molar-refractivity contribution in [3.05, 3.63) is 64.3 Å². The highest BCUT2D eigenvalue weighted by Gasteiger charge is 2.39. The van der Waals surface area contributed by atoms with Crippen molar-refractivity contribution in [1.29, 1.82) is 0 Å². The first-order chi connectivity index (χ1) is 17.3. The fraction of sp³-hybridized carbons (Fsp3) is 0.400. The number of esters is 3. The van der Waals surface area contributed by atoms with E-state index in [1.165, 1.54) is 18.0 Å². The third kappa shape index (κ3) is 5.73. The first-order valence-electron chi connectivity index (χ1n) is 11.5. The van der Waals surface area contributed by atoms with Gasteiger partial charge in [-0.15, -0.1) is 5.10 Å².